The van der Waals surface area contributed by atoms with E-state index in [1.165, 1.54) is 44.7 Å². The molecule has 0 radical (unpaired) electrons. The molecule has 0 saturated carbocycles. The van der Waals surface area contributed by atoms with Crippen molar-refractivity contribution in [2.45, 2.75) is 78.6 Å². The van der Waals surface area contributed by atoms with Crippen molar-refractivity contribution >= 4 is 22.9 Å². The summed E-state index contributed by atoms with van der Waals surface area (Å²) in [6.07, 6.45) is 11.9. The molecule has 6 heteroatoms. The molecule has 2 aromatic carbocycles. The highest BCUT2D eigenvalue weighted by atomic mass is 35.5. The molecule has 0 bridgehead atoms. The minimum atomic E-state index is -0.204. The molecule has 0 spiro atoms. The second kappa shape index (κ2) is 12.7. The normalized spacial score (nSPS) is 20.4. The summed E-state index contributed by atoms with van der Waals surface area (Å²) in [7, 11) is 5.51. The van der Waals surface area contributed by atoms with E-state index in [0.29, 0.717) is 13.2 Å². The first-order chi connectivity index (χ1) is 21.4. The van der Waals surface area contributed by atoms with Gasteiger partial charge in [0.1, 0.15) is 0 Å². The number of halogens is 1. The lowest BCUT2D eigenvalue weighted by atomic mass is 9.80. The zero-order chi connectivity index (χ0) is 32.7. The quantitative estimate of drug-likeness (QED) is 0.276. The zero-order valence-electron chi connectivity index (χ0n) is 28.6. The highest BCUT2D eigenvalue weighted by Crippen LogP contribution is 2.52. The molecular weight excluding hydrogens is 582 g/mol. The van der Waals surface area contributed by atoms with Crippen molar-refractivity contribution in [3.63, 3.8) is 0 Å². The van der Waals surface area contributed by atoms with Crippen LogP contribution in [0.1, 0.15) is 84.4 Å². The van der Waals surface area contributed by atoms with Crippen molar-refractivity contribution < 1.29 is 18.9 Å². The van der Waals surface area contributed by atoms with Gasteiger partial charge in [-0.1, -0.05) is 57.5 Å². The Bertz CT molecular complexity index is 1650. The second-order valence-corrected chi connectivity index (χ2v) is 13.4. The van der Waals surface area contributed by atoms with Crippen LogP contribution < -0.4 is 23.8 Å². The minimum absolute atomic E-state index is 0.169. The number of rotatable bonds is 9. The average Bonchev–Trinajstić information content (AvgIpc) is 3.31. The largest absolute Gasteiger partial charge is 0.493 e. The van der Waals surface area contributed by atoms with Gasteiger partial charge in [0.2, 0.25) is 0 Å². The lowest BCUT2D eigenvalue weighted by molar-refractivity contribution is 0.310. The summed E-state index contributed by atoms with van der Waals surface area (Å²) in [6, 6.07) is 8.48. The minimum Gasteiger partial charge on any atom is -0.493 e. The van der Waals surface area contributed by atoms with E-state index in [0.717, 1.165) is 53.0 Å². The molecule has 5 nitrogen and oxygen atoms in total. The van der Waals surface area contributed by atoms with E-state index in [-0.39, 0.29) is 10.8 Å². The standard InChI is InChI=1S/C39H48ClNO4/c1-11-44-34-21-29-27(20-32(34)42-9)24(3)28(38(29,4)5)18-16-25-14-13-15-26(37(25)40)17-19-36-39(6,7)30-22-35(45-12-2)33(43-10)23-31(30)41(36)8/h16-23H,11-15H2,1-10H3/b18-16+,26-17+,36-19-. The molecule has 0 N–H and O–H groups in total. The summed E-state index contributed by atoms with van der Waals surface area (Å²) in [5.74, 6) is 3.09. The molecular formula is C39H48ClNO4. The van der Waals surface area contributed by atoms with Gasteiger partial charge in [-0.15, -0.1) is 0 Å². The Labute approximate surface area is 274 Å². The topological polar surface area (TPSA) is 40.2 Å². The maximum Gasteiger partial charge on any atom is 0.162 e. The van der Waals surface area contributed by atoms with Gasteiger partial charge in [0.15, 0.2) is 23.0 Å². The molecule has 0 unspecified atom stereocenters. The zero-order valence-corrected chi connectivity index (χ0v) is 29.4. The number of ether oxygens (including phenoxy) is 4. The van der Waals surface area contributed by atoms with Crippen LogP contribution in [0.5, 0.6) is 23.0 Å². The summed E-state index contributed by atoms with van der Waals surface area (Å²) in [5, 5.41) is 0.859. The first-order valence-electron chi connectivity index (χ1n) is 16.0. The number of hydrogen-bond donors (Lipinski definition) is 0. The van der Waals surface area contributed by atoms with Gasteiger partial charge < -0.3 is 23.8 Å². The molecule has 5 rings (SSSR count). The van der Waals surface area contributed by atoms with Crippen LogP contribution in [0.4, 0.5) is 5.69 Å². The Hall–Kier alpha value is -3.57. The Kier molecular flexibility index (Phi) is 9.24. The van der Waals surface area contributed by atoms with E-state index in [1.54, 1.807) is 14.2 Å². The highest BCUT2D eigenvalue weighted by molar-refractivity contribution is 6.32. The van der Waals surface area contributed by atoms with Crippen molar-refractivity contribution in [2.24, 2.45) is 0 Å². The molecule has 3 aliphatic rings. The van der Waals surface area contributed by atoms with Crippen LogP contribution >= 0.6 is 11.6 Å². The second-order valence-electron chi connectivity index (χ2n) is 13.1. The van der Waals surface area contributed by atoms with Crippen LogP contribution in [0.2, 0.25) is 0 Å². The van der Waals surface area contributed by atoms with E-state index in [4.69, 9.17) is 30.5 Å². The van der Waals surface area contributed by atoms with E-state index >= 15 is 0 Å². The lowest BCUT2D eigenvalue weighted by Gasteiger charge is -2.25. The third kappa shape index (κ3) is 5.69. The Morgan fingerprint density at radius 1 is 0.800 bits per heavy atom. The molecule has 2 aliphatic carbocycles. The van der Waals surface area contributed by atoms with Crippen molar-refractivity contribution in [3.8, 4) is 23.0 Å². The molecule has 1 aliphatic heterocycles. The molecule has 0 amide bonds. The molecule has 1 heterocycles. The summed E-state index contributed by atoms with van der Waals surface area (Å²) >= 11 is 7.14. The van der Waals surface area contributed by atoms with Crippen molar-refractivity contribution in [2.75, 3.05) is 39.4 Å². The van der Waals surface area contributed by atoms with Crippen molar-refractivity contribution in [1.82, 2.24) is 0 Å². The summed E-state index contributed by atoms with van der Waals surface area (Å²) in [4.78, 5) is 2.26. The van der Waals surface area contributed by atoms with Crippen LogP contribution in [-0.4, -0.2) is 34.5 Å². The number of fused-ring (bicyclic) bond motifs is 2. The Morgan fingerprint density at radius 3 is 2.04 bits per heavy atom. The molecule has 0 aromatic heterocycles. The monoisotopic (exact) mass is 629 g/mol. The van der Waals surface area contributed by atoms with E-state index < -0.39 is 0 Å². The SMILES string of the molecule is CCOc1cc2c(cc1OC)C(C)=C(/C=C/C1=C(Cl)C(=C/C=C3\N(C)c4cc(OC)c(OCC)cc4C3(C)C)/CCC1)C2(C)C. The van der Waals surface area contributed by atoms with Crippen LogP contribution in [0, 0.1) is 0 Å². The van der Waals surface area contributed by atoms with Gasteiger partial charge in [-0.3, -0.25) is 0 Å². The van der Waals surface area contributed by atoms with Gasteiger partial charge in [-0.2, -0.15) is 0 Å². The number of anilines is 1. The fraction of sp³-hybridized carbons (Fsp3) is 0.436. The van der Waals surface area contributed by atoms with Gasteiger partial charge in [0.25, 0.3) is 0 Å². The highest BCUT2D eigenvalue weighted by Gasteiger charge is 2.40. The fourth-order valence-corrected chi connectivity index (χ4v) is 7.56. The van der Waals surface area contributed by atoms with Crippen molar-refractivity contribution in [1.29, 1.82) is 0 Å². The lowest BCUT2D eigenvalue weighted by Crippen LogP contribution is -2.22. The maximum atomic E-state index is 7.14. The average molecular weight is 630 g/mol. The summed E-state index contributed by atoms with van der Waals surface area (Å²) in [5.41, 5.74) is 10.6. The third-order valence-corrected chi connectivity index (χ3v) is 10.2. The predicted molar refractivity (Wildman–Crippen MR) is 187 cm³/mol. The van der Waals surface area contributed by atoms with Gasteiger partial charge in [-0.25, -0.2) is 0 Å². The number of nitrogens with zero attached hydrogens (tertiary/aromatic N) is 1. The number of benzene rings is 2. The van der Waals surface area contributed by atoms with E-state index in [1.807, 2.05) is 13.8 Å². The summed E-state index contributed by atoms with van der Waals surface area (Å²) < 4.78 is 23.1. The molecule has 240 valence electrons. The molecule has 45 heavy (non-hydrogen) atoms. The molecule has 0 saturated heterocycles. The predicted octanol–water partition coefficient (Wildman–Crippen LogP) is 10.0. The number of methoxy groups -OCH3 is 2. The van der Waals surface area contributed by atoms with Crippen LogP contribution in [0.3, 0.4) is 0 Å². The maximum absolute atomic E-state index is 7.14. The van der Waals surface area contributed by atoms with E-state index in [9.17, 15) is 0 Å². The van der Waals surface area contributed by atoms with Gasteiger partial charge in [0, 0.05) is 40.4 Å². The number of allylic oxidation sites excluding steroid dienone is 10. The molecule has 2 aromatic rings. The van der Waals surface area contributed by atoms with Crippen LogP contribution in [-0.2, 0) is 10.8 Å². The fourth-order valence-electron chi connectivity index (χ4n) is 7.24. The smallest absolute Gasteiger partial charge is 0.162 e. The van der Waals surface area contributed by atoms with Crippen LogP contribution in [0.25, 0.3) is 5.57 Å². The summed E-state index contributed by atoms with van der Waals surface area (Å²) in [6.45, 7) is 16.5. The van der Waals surface area contributed by atoms with Gasteiger partial charge >= 0.3 is 0 Å². The van der Waals surface area contributed by atoms with Crippen molar-refractivity contribution in [3.05, 3.63) is 92.7 Å². The third-order valence-electron chi connectivity index (χ3n) is 9.73. The van der Waals surface area contributed by atoms with Crippen LogP contribution in [0.15, 0.2) is 76.0 Å². The molecule has 0 fully saturated rings. The van der Waals surface area contributed by atoms with Gasteiger partial charge in [-0.05, 0) is 103 Å². The number of hydrogen-bond acceptors (Lipinski definition) is 5. The number of likely N-dealkylation sites (N-methyl/N-ethyl adjacent to an activating group) is 1. The van der Waals surface area contributed by atoms with Gasteiger partial charge in [0.05, 0.1) is 27.4 Å². The Morgan fingerprint density at radius 2 is 1.42 bits per heavy atom. The molecule has 0 atom stereocenters. The van der Waals surface area contributed by atoms with E-state index in [2.05, 4.69) is 95.1 Å². The first-order valence-corrected chi connectivity index (χ1v) is 16.4. The first kappa shape index (κ1) is 32.8. The Balaban J connectivity index is 1.46.